The minimum atomic E-state index is -0.827. The van der Waals surface area contributed by atoms with Crippen molar-refractivity contribution < 1.29 is 27.2 Å². The lowest BCUT2D eigenvalue weighted by molar-refractivity contribution is -0.133. The van der Waals surface area contributed by atoms with Crippen molar-refractivity contribution in [3.63, 3.8) is 0 Å². The summed E-state index contributed by atoms with van der Waals surface area (Å²) in [5, 5.41) is 27.5. The summed E-state index contributed by atoms with van der Waals surface area (Å²) in [5.41, 5.74) is 5.93. The first-order valence-electron chi connectivity index (χ1n) is 20.6. The van der Waals surface area contributed by atoms with E-state index in [-0.39, 0.29) is 34.7 Å². The molecule has 0 radical (unpaired) electrons. The second kappa shape index (κ2) is 17.1. The molecule has 2 aliphatic carbocycles. The van der Waals surface area contributed by atoms with E-state index >= 15 is 0 Å². The van der Waals surface area contributed by atoms with Crippen LogP contribution in [0.1, 0.15) is 58.6 Å². The van der Waals surface area contributed by atoms with Crippen molar-refractivity contribution >= 4 is 35.9 Å². The minimum Gasteiger partial charge on any atom is -0.351 e. The van der Waals surface area contributed by atoms with Crippen LogP contribution in [0.15, 0.2) is 73.6 Å². The van der Waals surface area contributed by atoms with Crippen molar-refractivity contribution in [1.82, 2.24) is 60.6 Å². The van der Waals surface area contributed by atoms with Gasteiger partial charge in [-0.15, -0.1) is 0 Å². The molecule has 2 aromatic carbocycles. The number of fused-ring (bicyclic) bond motifs is 2. The van der Waals surface area contributed by atoms with Gasteiger partial charge in [-0.2, -0.15) is 30.8 Å². The van der Waals surface area contributed by atoms with E-state index < -0.39 is 23.3 Å². The van der Waals surface area contributed by atoms with Crippen molar-refractivity contribution in [2.75, 3.05) is 36.8 Å². The van der Waals surface area contributed by atoms with Crippen molar-refractivity contribution in [3.05, 3.63) is 142 Å². The summed E-state index contributed by atoms with van der Waals surface area (Å²) in [4.78, 5) is 45.4. The number of halogens is 4. The molecular formula is C44H42F4N14O2. The molecule has 2 aliphatic heterocycles. The number of rotatable bonds is 10. The Morgan fingerprint density at radius 1 is 0.578 bits per heavy atom. The maximum absolute atomic E-state index is 13.4. The SMILES string of the molecule is CC1(c2cn[nH]n2)CN(C(=O)/C=C/c2cnc(NC3Cc4cc(F)c(F)cc4C3)nc2)C1.CC1(c2cn[nH]n2)CN(C(=O)/C=C/c2cnc(NC3Cc4cc(F)c(F)cc4C3)nc2)C1. The van der Waals surface area contributed by atoms with Crippen LogP contribution in [0, 0.1) is 23.3 Å². The molecular weight excluding hydrogens is 833 g/mol. The van der Waals surface area contributed by atoms with E-state index in [0.717, 1.165) is 33.6 Å². The van der Waals surface area contributed by atoms with E-state index in [1.54, 1.807) is 59.1 Å². The summed E-state index contributed by atoms with van der Waals surface area (Å²) in [7, 11) is 0. The lowest BCUT2D eigenvalue weighted by Crippen LogP contribution is -2.59. The van der Waals surface area contributed by atoms with Crippen LogP contribution in [0.4, 0.5) is 29.5 Å². The fraction of sp³-hybridized carbons (Fsp3) is 0.318. The van der Waals surface area contributed by atoms with Gasteiger partial charge in [0.25, 0.3) is 0 Å². The number of carbonyl (C=O) groups is 2. The number of aromatic amines is 2. The van der Waals surface area contributed by atoms with Gasteiger partial charge in [0, 0.05) is 97.2 Å². The molecule has 0 saturated carbocycles. The molecule has 64 heavy (non-hydrogen) atoms. The molecule has 4 aromatic heterocycles. The van der Waals surface area contributed by atoms with Gasteiger partial charge in [0.05, 0.1) is 23.8 Å². The van der Waals surface area contributed by atoms with E-state index in [9.17, 15) is 27.2 Å². The highest BCUT2D eigenvalue weighted by Crippen LogP contribution is 2.34. The van der Waals surface area contributed by atoms with Gasteiger partial charge in [0.2, 0.25) is 23.7 Å². The number of anilines is 2. The van der Waals surface area contributed by atoms with Crippen LogP contribution >= 0.6 is 0 Å². The molecule has 0 atom stereocenters. The Morgan fingerprint density at radius 2 is 0.906 bits per heavy atom. The number of benzene rings is 2. The zero-order valence-corrected chi connectivity index (χ0v) is 34.7. The minimum absolute atomic E-state index is 0.0281. The Hall–Kier alpha value is -7.38. The van der Waals surface area contributed by atoms with Crippen LogP contribution in [0.5, 0.6) is 0 Å². The number of likely N-dealkylation sites (tertiary alicyclic amines) is 2. The molecule has 328 valence electrons. The fourth-order valence-corrected chi connectivity index (χ4v) is 8.55. The molecule has 6 heterocycles. The summed E-state index contributed by atoms with van der Waals surface area (Å²) in [6, 6.07) is 4.96. The number of aromatic nitrogens is 10. The van der Waals surface area contributed by atoms with Crippen molar-refractivity contribution in [1.29, 1.82) is 0 Å². The van der Waals surface area contributed by atoms with Gasteiger partial charge in [-0.3, -0.25) is 9.59 Å². The lowest BCUT2D eigenvalue weighted by Gasteiger charge is -2.46. The standard InChI is InChI=1S/2C22H21F2N7O/c2*1-22(19-10-27-30-29-19)11-31(12-22)20(32)3-2-13-8-25-21(26-9-13)28-16-4-14-6-17(23)18(24)7-15(14)5-16/h2*2-3,6-10,16H,4-5,11-12H2,1H3,(H,25,26,28)(H,27,29,30)/b2*3-2+. The number of nitrogens with one attached hydrogen (secondary N) is 4. The van der Waals surface area contributed by atoms with E-state index in [1.807, 2.05) is 13.8 Å². The fourth-order valence-electron chi connectivity index (χ4n) is 8.55. The second-order valence-electron chi connectivity index (χ2n) is 17.1. The summed E-state index contributed by atoms with van der Waals surface area (Å²) in [6.07, 6.45) is 18.5. The van der Waals surface area contributed by atoms with Crippen molar-refractivity contribution in [2.24, 2.45) is 0 Å². The number of hydrogen-bond acceptors (Lipinski definition) is 12. The molecule has 0 spiro atoms. The van der Waals surface area contributed by atoms with Crippen LogP contribution in [0.25, 0.3) is 12.2 Å². The first-order chi connectivity index (χ1) is 30.8. The molecule has 6 aromatic rings. The van der Waals surface area contributed by atoms with Crippen LogP contribution in [0.3, 0.4) is 0 Å². The zero-order valence-electron chi connectivity index (χ0n) is 34.7. The molecule has 0 bridgehead atoms. The smallest absolute Gasteiger partial charge is 0.246 e. The highest BCUT2D eigenvalue weighted by atomic mass is 19.2. The van der Waals surface area contributed by atoms with E-state index in [0.29, 0.717) is 74.9 Å². The Morgan fingerprint density at radius 3 is 1.20 bits per heavy atom. The average molecular weight is 875 g/mol. The van der Waals surface area contributed by atoms with E-state index in [2.05, 4.69) is 61.4 Å². The van der Waals surface area contributed by atoms with E-state index in [4.69, 9.17) is 0 Å². The van der Waals surface area contributed by atoms with E-state index in [1.165, 1.54) is 36.4 Å². The molecule has 2 saturated heterocycles. The van der Waals surface area contributed by atoms with Gasteiger partial charge >= 0.3 is 0 Å². The van der Waals surface area contributed by atoms with Crippen LogP contribution < -0.4 is 10.6 Å². The molecule has 10 rings (SSSR count). The third-order valence-corrected chi connectivity index (χ3v) is 12.0. The Balaban J connectivity index is 0.000000162. The molecule has 20 heteroatoms. The van der Waals surface area contributed by atoms with Gasteiger partial charge < -0.3 is 20.4 Å². The summed E-state index contributed by atoms with van der Waals surface area (Å²) in [6.45, 7) is 6.43. The number of H-pyrrole nitrogens is 2. The topological polar surface area (TPSA) is 199 Å². The van der Waals surface area contributed by atoms with Gasteiger partial charge in [0.1, 0.15) is 0 Å². The maximum Gasteiger partial charge on any atom is 0.246 e. The van der Waals surface area contributed by atoms with Crippen LogP contribution in [0.2, 0.25) is 0 Å². The predicted octanol–water partition coefficient (Wildman–Crippen LogP) is 4.53. The van der Waals surface area contributed by atoms with Crippen LogP contribution in [-0.2, 0) is 46.1 Å². The summed E-state index contributed by atoms with van der Waals surface area (Å²) < 4.78 is 53.7. The quantitative estimate of drug-likeness (QED) is 0.111. The van der Waals surface area contributed by atoms with Gasteiger partial charge in [-0.25, -0.2) is 37.5 Å². The van der Waals surface area contributed by atoms with Crippen LogP contribution in [-0.4, -0.2) is 111 Å². The molecule has 2 fully saturated rings. The number of carbonyl (C=O) groups excluding carboxylic acids is 2. The Kier molecular flexibility index (Phi) is 11.2. The highest BCUT2D eigenvalue weighted by Gasteiger charge is 2.45. The maximum atomic E-state index is 13.4. The molecule has 2 amide bonds. The van der Waals surface area contributed by atoms with Gasteiger partial charge in [-0.1, -0.05) is 13.8 Å². The summed E-state index contributed by atoms with van der Waals surface area (Å²) in [5.74, 6) is -2.62. The second-order valence-corrected chi connectivity index (χ2v) is 17.1. The zero-order chi connectivity index (χ0) is 44.6. The molecule has 4 aliphatic rings. The van der Waals surface area contributed by atoms with Crippen molar-refractivity contribution in [2.45, 2.75) is 62.4 Å². The number of amides is 2. The first kappa shape index (κ1) is 41.9. The molecule has 4 N–H and O–H groups in total. The largest absolute Gasteiger partial charge is 0.351 e. The Bertz CT molecular complexity index is 2470. The monoisotopic (exact) mass is 874 g/mol. The highest BCUT2D eigenvalue weighted by molar-refractivity contribution is 5.93. The van der Waals surface area contributed by atoms with Crippen molar-refractivity contribution in [3.8, 4) is 0 Å². The lowest BCUT2D eigenvalue weighted by atomic mass is 9.79. The average Bonchev–Trinajstić information content (AvgIpc) is 4.11. The first-order valence-corrected chi connectivity index (χ1v) is 20.6. The molecule has 16 nitrogen and oxygen atoms in total. The normalized spacial score (nSPS) is 17.4. The molecule has 0 unspecified atom stereocenters. The predicted molar refractivity (Wildman–Crippen MR) is 225 cm³/mol. The van der Waals surface area contributed by atoms with Gasteiger partial charge in [0.15, 0.2) is 23.3 Å². The number of hydrogen-bond donors (Lipinski definition) is 4. The van der Waals surface area contributed by atoms with Gasteiger partial charge in [-0.05, 0) is 84.4 Å². The Labute approximate surface area is 363 Å². The third-order valence-electron chi connectivity index (χ3n) is 12.0. The third kappa shape index (κ3) is 8.93. The summed E-state index contributed by atoms with van der Waals surface area (Å²) >= 11 is 0. The number of nitrogens with zero attached hydrogens (tertiary/aromatic N) is 10.